The lowest BCUT2D eigenvalue weighted by Crippen LogP contribution is -2.35. The van der Waals surface area contributed by atoms with Crippen LogP contribution in [-0.2, 0) is 0 Å². The number of benzene rings is 2. The molecule has 6 heteroatoms. The molecule has 33 heavy (non-hydrogen) atoms. The van der Waals surface area contributed by atoms with Crippen molar-refractivity contribution in [2.24, 2.45) is 0 Å². The minimum Gasteiger partial charge on any atom is -0.496 e. The lowest BCUT2D eigenvalue weighted by atomic mass is 9.96. The van der Waals surface area contributed by atoms with Crippen LogP contribution in [0.15, 0.2) is 60.7 Å². The zero-order valence-corrected chi connectivity index (χ0v) is 19.4. The predicted molar refractivity (Wildman–Crippen MR) is 129 cm³/mol. The summed E-state index contributed by atoms with van der Waals surface area (Å²) in [6.45, 7) is 2.99. The van der Waals surface area contributed by atoms with E-state index < -0.39 is 0 Å². The quantitative estimate of drug-likeness (QED) is 0.535. The van der Waals surface area contributed by atoms with E-state index in [0.717, 1.165) is 28.1 Å². The van der Waals surface area contributed by atoms with Gasteiger partial charge in [0.05, 0.1) is 43.8 Å². The zero-order valence-electron chi connectivity index (χ0n) is 19.4. The van der Waals surface area contributed by atoms with E-state index in [2.05, 4.69) is 11.1 Å². The minimum absolute atomic E-state index is 0.0106. The third kappa shape index (κ3) is 4.55. The number of carbonyl (C=O) groups excluding carboxylic acids is 1. The molecule has 0 unspecified atom stereocenters. The van der Waals surface area contributed by atoms with Gasteiger partial charge < -0.3 is 19.1 Å². The predicted octanol–water partition coefficient (Wildman–Crippen LogP) is 5.01. The van der Waals surface area contributed by atoms with E-state index in [9.17, 15) is 4.79 Å². The van der Waals surface area contributed by atoms with E-state index in [1.807, 2.05) is 66.4 Å². The molecular weight excluding hydrogens is 416 g/mol. The highest BCUT2D eigenvalue weighted by Crippen LogP contribution is 2.41. The molecule has 3 aromatic rings. The maximum absolute atomic E-state index is 13.2. The Labute approximate surface area is 194 Å². The molecule has 1 aromatic heterocycles. The van der Waals surface area contributed by atoms with Gasteiger partial charge >= 0.3 is 0 Å². The number of carbonyl (C=O) groups is 1. The lowest BCUT2D eigenvalue weighted by Gasteiger charge is -2.28. The summed E-state index contributed by atoms with van der Waals surface area (Å²) in [4.78, 5) is 19.8. The molecule has 1 aliphatic heterocycles. The van der Waals surface area contributed by atoms with Gasteiger partial charge in [0.15, 0.2) is 0 Å². The van der Waals surface area contributed by atoms with Crippen LogP contribution in [0.3, 0.4) is 0 Å². The van der Waals surface area contributed by atoms with E-state index in [0.29, 0.717) is 42.3 Å². The molecule has 6 nitrogen and oxygen atoms in total. The summed E-state index contributed by atoms with van der Waals surface area (Å²) in [6, 6.07) is 17.5. The van der Waals surface area contributed by atoms with Gasteiger partial charge in [-0.15, -0.1) is 0 Å². The third-order valence-corrected chi connectivity index (χ3v) is 5.92. The van der Waals surface area contributed by atoms with Crippen molar-refractivity contribution in [2.45, 2.75) is 13.3 Å². The molecule has 1 aliphatic rings. The third-order valence-electron chi connectivity index (χ3n) is 5.92. The van der Waals surface area contributed by atoms with Crippen molar-refractivity contribution in [3.63, 3.8) is 0 Å². The molecular formula is C27H28N2O4. The minimum atomic E-state index is -0.0106. The Bertz CT molecular complexity index is 1160. The summed E-state index contributed by atoms with van der Waals surface area (Å²) in [5.41, 5.74) is 5.25. The summed E-state index contributed by atoms with van der Waals surface area (Å²) in [5.74, 6) is 2.04. The fourth-order valence-electron chi connectivity index (χ4n) is 4.13. The number of hydrogen-bond donors (Lipinski definition) is 0. The number of aryl methyl sites for hydroxylation is 1. The first-order chi connectivity index (χ1) is 16.0. The average Bonchev–Trinajstić information content (AvgIpc) is 2.88. The standard InChI is InChI=1S/C27H28N2O4/c1-18-22(10-11-23(28-18)19-8-6-5-7-9-19)27(30)29-14-12-20(13-15-29)26-24(32-3)16-21(31-2)17-25(26)33-4/h5-12,16-17H,13-15H2,1-4H3. The number of hydrogen-bond acceptors (Lipinski definition) is 5. The summed E-state index contributed by atoms with van der Waals surface area (Å²) < 4.78 is 16.6. The summed E-state index contributed by atoms with van der Waals surface area (Å²) in [5, 5.41) is 0. The van der Waals surface area contributed by atoms with Gasteiger partial charge in [0.25, 0.3) is 5.91 Å². The number of nitrogens with zero attached hydrogens (tertiary/aromatic N) is 2. The Kier molecular flexibility index (Phi) is 6.63. The van der Waals surface area contributed by atoms with Crippen LogP contribution in [0, 0.1) is 6.92 Å². The molecule has 0 saturated heterocycles. The molecule has 0 atom stereocenters. The molecule has 0 fully saturated rings. The van der Waals surface area contributed by atoms with Crippen molar-refractivity contribution in [1.82, 2.24) is 9.88 Å². The van der Waals surface area contributed by atoms with Gasteiger partial charge in [-0.05, 0) is 31.1 Å². The molecule has 4 rings (SSSR count). The van der Waals surface area contributed by atoms with Crippen LogP contribution >= 0.6 is 0 Å². The molecule has 2 aromatic carbocycles. The topological polar surface area (TPSA) is 60.9 Å². The van der Waals surface area contributed by atoms with Gasteiger partial charge in [-0.25, -0.2) is 0 Å². The van der Waals surface area contributed by atoms with E-state index in [1.165, 1.54) is 0 Å². The van der Waals surface area contributed by atoms with E-state index in [-0.39, 0.29) is 5.91 Å². The fourth-order valence-corrected chi connectivity index (χ4v) is 4.13. The highest BCUT2D eigenvalue weighted by Gasteiger charge is 2.24. The molecule has 2 heterocycles. The van der Waals surface area contributed by atoms with Crippen LogP contribution < -0.4 is 14.2 Å². The number of methoxy groups -OCH3 is 3. The molecule has 170 valence electrons. The zero-order chi connectivity index (χ0) is 23.4. The van der Waals surface area contributed by atoms with Crippen molar-refractivity contribution in [3.8, 4) is 28.5 Å². The van der Waals surface area contributed by atoms with Crippen molar-refractivity contribution in [1.29, 1.82) is 0 Å². The summed E-state index contributed by atoms with van der Waals surface area (Å²) in [7, 11) is 4.87. The normalized spacial score (nSPS) is 13.3. The first-order valence-electron chi connectivity index (χ1n) is 10.9. The number of pyridine rings is 1. The number of aromatic nitrogens is 1. The van der Waals surface area contributed by atoms with Gasteiger partial charge in [0, 0.05) is 30.8 Å². The number of ether oxygens (including phenoxy) is 3. The van der Waals surface area contributed by atoms with Gasteiger partial charge in [-0.2, -0.15) is 0 Å². The molecule has 0 N–H and O–H groups in total. The Hall–Kier alpha value is -3.80. The van der Waals surface area contributed by atoms with E-state index in [1.54, 1.807) is 21.3 Å². The average molecular weight is 445 g/mol. The first-order valence-corrected chi connectivity index (χ1v) is 10.9. The molecule has 0 radical (unpaired) electrons. The largest absolute Gasteiger partial charge is 0.496 e. The Morgan fingerprint density at radius 1 is 0.939 bits per heavy atom. The van der Waals surface area contributed by atoms with Gasteiger partial charge in [0.2, 0.25) is 0 Å². The molecule has 0 aliphatic carbocycles. The Balaban J connectivity index is 1.56. The highest BCUT2D eigenvalue weighted by molar-refractivity contribution is 5.96. The Morgan fingerprint density at radius 3 is 2.18 bits per heavy atom. The van der Waals surface area contributed by atoms with Crippen LogP contribution in [0.5, 0.6) is 17.2 Å². The highest BCUT2D eigenvalue weighted by atomic mass is 16.5. The summed E-state index contributed by atoms with van der Waals surface area (Å²) in [6.07, 6.45) is 2.76. The van der Waals surface area contributed by atoms with Gasteiger partial charge in [0.1, 0.15) is 17.2 Å². The van der Waals surface area contributed by atoms with Crippen LogP contribution in [-0.4, -0.2) is 50.2 Å². The van der Waals surface area contributed by atoms with Crippen molar-refractivity contribution < 1.29 is 19.0 Å². The lowest BCUT2D eigenvalue weighted by molar-refractivity contribution is 0.0771. The van der Waals surface area contributed by atoms with Crippen LogP contribution in [0.4, 0.5) is 0 Å². The van der Waals surface area contributed by atoms with Crippen LogP contribution in [0.2, 0.25) is 0 Å². The van der Waals surface area contributed by atoms with Gasteiger partial charge in [-0.3, -0.25) is 9.78 Å². The Morgan fingerprint density at radius 2 is 1.64 bits per heavy atom. The SMILES string of the molecule is COc1cc(OC)c(C2=CCN(C(=O)c3ccc(-c4ccccc4)nc3C)CC2)c(OC)c1. The molecule has 1 amide bonds. The fraction of sp³-hybridized carbons (Fsp3) is 0.259. The molecule has 0 bridgehead atoms. The van der Waals surface area contributed by atoms with Gasteiger partial charge in [-0.1, -0.05) is 36.4 Å². The van der Waals surface area contributed by atoms with Crippen molar-refractivity contribution in [2.75, 3.05) is 34.4 Å². The first kappa shape index (κ1) is 22.4. The van der Waals surface area contributed by atoms with E-state index >= 15 is 0 Å². The summed E-state index contributed by atoms with van der Waals surface area (Å²) >= 11 is 0. The van der Waals surface area contributed by atoms with Crippen LogP contribution in [0.25, 0.3) is 16.8 Å². The maximum Gasteiger partial charge on any atom is 0.255 e. The van der Waals surface area contributed by atoms with Crippen molar-refractivity contribution in [3.05, 3.63) is 77.5 Å². The molecule has 0 saturated carbocycles. The maximum atomic E-state index is 13.2. The smallest absolute Gasteiger partial charge is 0.255 e. The van der Waals surface area contributed by atoms with Crippen molar-refractivity contribution >= 4 is 11.5 Å². The number of amides is 1. The second-order valence-corrected chi connectivity index (χ2v) is 7.83. The van der Waals surface area contributed by atoms with E-state index in [4.69, 9.17) is 14.2 Å². The monoisotopic (exact) mass is 444 g/mol. The second kappa shape index (κ2) is 9.77. The number of rotatable bonds is 6. The van der Waals surface area contributed by atoms with Crippen LogP contribution in [0.1, 0.15) is 28.0 Å². The molecule has 0 spiro atoms. The second-order valence-electron chi connectivity index (χ2n) is 7.83.